The number of fused-ring (bicyclic) bond motifs is 1. The number of benzene rings is 2. The minimum atomic E-state index is -0.131. The van der Waals surface area contributed by atoms with Gasteiger partial charge < -0.3 is 24.6 Å². The summed E-state index contributed by atoms with van der Waals surface area (Å²) < 4.78 is 10.6. The topological polar surface area (TPSA) is 71.1 Å². The molecule has 2 amide bonds. The van der Waals surface area contributed by atoms with E-state index >= 15 is 0 Å². The van der Waals surface area contributed by atoms with Gasteiger partial charge in [0.1, 0.15) is 11.5 Å². The van der Waals surface area contributed by atoms with E-state index in [2.05, 4.69) is 5.32 Å². The summed E-state index contributed by atoms with van der Waals surface area (Å²) in [7, 11) is 5.53. The number of amides is 2. The molecule has 0 aliphatic carbocycles. The fourth-order valence-corrected chi connectivity index (χ4v) is 2.96. The van der Waals surface area contributed by atoms with E-state index in [1.54, 1.807) is 30.2 Å². The third kappa shape index (κ3) is 4.80. The monoisotopic (exact) mass is 383 g/mol. The smallest absolute Gasteiger partial charge is 0.265 e. The molecule has 0 unspecified atom stereocenters. The summed E-state index contributed by atoms with van der Waals surface area (Å²) in [5.41, 5.74) is 2.20. The lowest BCUT2D eigenvalue weighted by molar-refractivity contribution is -0.121. The number of nitrogens with one attached hydrogen (secondary N) is 1. The highest BCUT2D eigenvalue weighted by Crippen LogP contribution is 2.34. The van der Waals surface area contributed by atoms with Crippen LogP contribution < -0.4 is 19.7 Å². The molecule has 0 bridgehead atoms. The Morgan fingerprint density at radius 3 is 2.64 bits per heavy atom. The Balaban J connectivity index is 1.70. The lowest BCUT2D eigenvalue weighted by Crippen LogP contribution is -2.42. The summed E-state index contributed by atoms with van der Waals surface area (Å²) >= 11 is 0. The summed E-state index contributed by atoms with van der Waals surface area (Å²) in [6.07, 6.45) is 0.251. The predicted octanol–water partition coefficient (Wildman–Crippen LogP) is 2.16. The van der Waals surface area contributed by atoms with Gasteiger partial charge >= 0.3 is 0 Å². The molecule has 0 spiro atoms. The molecular formula is C21H25N3O4. The molecule has 2 aromatic rings. The number of hydrogen-bond acceptors (Lipinski definition) is 5. The molecule has 0 fully saturated rings. The van der Waals surface area contributed by atoms with Gasteiger partial charge in [-0.05, 0) is 50.0 Å². The van der Waals surface area contributed by atoms with Gasteiger partial charge in [-0.15, -0.1) is 0 Å². The minimum absolute atomic E-state index is 0.0314. The second-order valence-electron chi connectivity index (χ2n) is 6.89. The number of carbonyl (C=O) groups excluding carboxylic acids is 2. The SMILES string of the molecule is COc1ccc(CC(=O)Nc2ccc3c(c2)N(CCN(C)C)C(=O)CO3)cc1. The van der Waals surface area contributed by atoms with Crippen molar-refractivity contribution in [2.45, 2.75) is 6.42 Å². The Labute approximate surface area is 164 Å². The second-order valence-corrected chi connectivity index (χ2v) is 6.89. The maximum Gasteiger partial charge on any atom is 0.265 e. The van der Waals surface area contributed by atoms with Crippen LogP contribution in [0, 0.1) is 0 Å². The lowest BCUT2D eigenvalue weighted by Gasteiger charge is -2.30. The van der Waals surface area contributed by atoms with Crippen molar-refractivity contribution in [2.24, 2.45) is 0 Å². The fraction of sp³-hybridized carbons (Fsp3) is 0.333. The highest BCUT2D eigenvalue weighted by atomic mass is 16.5. The summed E-state index contributed by atoms with van der Waals surface area (Å²) in [5, 5.41) is 2.90. The molecule has 0 saturated heterocycles. The fourth-order valence-electron chi connectivity index (χ4n) is 2.96. The van der Waals surface area contributed by atoms with Gasteiger partial charge in [0.25, 0.3) is 5.91 Å². The van der Waals surface area contributed by atoms with Crippen LogP contribution in [0.4, 0.5) is 11.4 Å². The molecule has 0 radical (unpaired) electrons. The van der Waals surface area contributed by atoms with Crippen LogP contribution >= 0.6 is 0 Å². The van der Waals surface area contributed by atoms with E-state index in [0.29, 0.717) is 23.7 Å². The number of carbonyl (C=O) groups is 2. The molecule has 1 heterocycles. The van der Waals surface area contributed by atoms with Gasteiger partial charge in [-0.3, -0.25) is 9.59 Å². The van der Waals surface area contributed by atoms with E-state index in [-0.39, 0.29) is 24.8 Å². The maximum atomic E-state index is 12.4. The van der Waals surface area contributed by atoms with Crippen LogP contribution in [0.2, 0.25) is 0 Å². The zero-order valence-corrected chi connectivity index (χ0v) is 16.4. The van der Waals surface area contributed by atoms with Gasteiger partial charge in [0.2, 0.25) is 5.91 Å². The van der Waals surface area contributed by atoms with Crippen LogP contribution in [0.15, 0.2) is 42.5 Å². The van der Waals surface area contributed by atoms with E-state index in [9.17, 15) is 9.59 Å². The highest BCUT2D eigenvalue weighted by molar-refractivity contribution is 5.99. The first kappa shape index (κ1) is 19.7. The Morgan fingerprint density at radius 2 is 1.96 bits per heavy atom. The Kier molecular flexibility index (Phi) is 6.16. The molecule has 1 N–H and O–H groups in total. The van der Waals surface area contributed by atoms with Gasteiger partial charge in [0.15, 0.2) is 6.61 Å². The summed E-state index contributed by atoms with van der Waals surface area (Å²) in [4.78, 5) is 28.4. The third-order valence-electron chi connectivity index (χ3n) is 4.48. The lowest BCUT2D eigenvalue weighted by atomic mass is 10.1. The van der Waals surface area contributed by atoms with Crippen LogP contribution in [-0.4, -0.2) is 57.6 Å². The van der Waals surface area contributed by atoms with Crippen molar-refractivity contribution in [1.29, 1.82) is 0 Å². The molecule has 2 aromatic carbocycles. The van der Waals surface area contributed by atoms with Crippen molar-refractivity contribution in [3.63, 3.8) is 0 Å². The van der Waals surface area contributed by atoms with Crippen molar-refractivity contribution in [1.82, 2.24) is 4.90 Å². The average Bonchev–Trinajstić information content (AvgIpc) is 2.67. The Hall–Kier alpha value is -3.06. The van der Waals surface area contributed by atoms with Gasteiger partial charge in [0.05, 0.1) is 19.2 Å². The molecule has 1 aliphatic heterocycles. The van der Waals surface area contributed by atoms with Crippen LogP contribution in [-0.2, 0) is 16.0 Å². The Bertz CT molecular complexity index is 849. The molecule has 7 heteroatoms. The van der Waals surface area contributed by atoms with E-state index in [1.807, 2.05) is 43.3 Å². The van der Waals surface area contributed by atoms with Gasteiger partial charge in [-0.25, -0.2) is 0 Å². The van der Waals surface area contributed by atoms with E-state index in [4.69, 9.17) is 9.47 Å². The van der Waals surface area contributed by atoms with Gasteiger partial charge in [-0.1, -0.05) is 12.1 Å². The first-order valence-electron chi connectivity index (χ1n) is 9.11. The average molecular weight is 383 g/mol. The normalized spacial score (nSPS) is 13.1. The van der Waals surface area contributed by atoms with E-state index in [1.165, 1.54) is 0 Å². The first-order valence-corrected chi connectivity index (χ1v) is 9.11. The van der Waals surface area contributed by atoms with E-state index in [0.717, 1.165) is 17.9 Å². The largest absolute Gasteiger partial charge is 0.497 e. The van der Waals surface area contributed by atoms with E-state index < -0.39 is 0 Å². The molecule has 0 atom stereocenters. The molecule has 148 valence electrons. The van der Waals surface area contributed by atoms with Crippen LogP contribution in [0.25, 0.3) is 0 Å². The number of nitrogens with zero attached hydrogens (tertiary/aromatic N) is 2. The molecule has 0 aromatic heterocycles. The summed E-state index contributed by atoms with van der Waals surface area (Å²) in [5.74, 6) is 1.18. The standard InChI is InChI=1S/C21H25N3O4/c1-23(2)10-11-24-18-13-16(6-9-19(18)28-14-21(24)26)22-20(25)12-15-4-7-17(27-3)8-5-15/h4-9,13H,10-12,14H2,1-3H3,(H,22,25). The third-order valence-corrected chi connectivity index (χ3v) is 4.48. The van der Waals surface area contributed by atoms with Gasteiger partial charge in [0, 0.05) is 18.8 Å². The van der Waals surface area contributed by atoms with Crippen molar-refractivity contribution in [3.8, 4) is 11.5 Å². The molecule has 3 rings (SSSR count). The maximum absolute atomic E-state index is 12.4. The second kappa shape index (κ2) is 8.75. The molecular weight excluding hydrogens is 358 g/mol. The zero-order valence-electron chi connectivity index (χ0n) is 16.4. The number of hydrogen-bond donors (Lipinski definition) is 1. The van der Waals surface area contributed by atoms with Crippen molar-refractivity contribution in [2.75, 3.05) is 51.1 Å². The summed E-state index contributed by atoms with van der Waals surface area (Å²) in [6.45, 7) is 1.33. The molecule has 7 nitrogen and oxygen atoms in total. The van der Waals surface area contributed by atoms with Crippen molar-refractivity contribution in [3.05, 3.63) is 48.0 Å². The number of likely N-dealkylation sites (N-methyl/N-ethyl adjacent to an activating group) is 1. The number of ether oxygens (including phenoxy) is 2. The number of rotatable bonds is 7. The number of methoxy groups -OCH3 is 1. The Morgan fingerprint density at radius 1 is 1.21 bits per heavy atom. The van der Waals surface area contributed by atoms with Gasteiger partial charge in [-0.2, -0.15) is 0 Å². The molecule has 28 heavy (non-hydrogen) atoms. The predicted molar refractivity (Wildman–Crippen MR) is 108 cm³/mol. The quantitative estimate of drug-likeness (QED) is 0.793. The first-order chi connectivity index (χ1) is 13.5. The summed E-state index contributed by atoms with van der Waals surface area (Å²) in [6, 6.07) is 12.7. The molecule has 1 aliphatic rings. The zero-order chi connectivity index (χ0) is 20.1. The highest BCUT2D eigenvalue weighted by Gasteiger charge is 2.25. The van der Waals surface area contributed by atoms with Crippen LogP contribution in [0.5, 0.6) is 11.5 Å². The van der Waals surface area contributed by atoms with Crippen LogP contribution in [0.3, 0.4) is 0 Å². The number of anilines is 2. The van der Waals surface area contributed by atoms with Crippen molar-refractivity contribution >= 4 is 23.2 Å². The van der Waals surface area contributed by atoms with Crippen LogP contribution in [0.1, 0.15) is 5.56 Å². The minimum Gasteiger partial charge on any atom is -0.497 e. The molecule has 0 saturated carbocycles. The van der Waals surface area contributed by atoms with Crippen molar-refractivity contribution < 1.29 is 19.1 Å².